The van der Waals surface area contributed by atoms with Crippen LogP contribution >= 0.6 is 23.5 Å². The lowest BCUT2D eigenvalue weighted by atomic mass is 10.1. The second-order valence-corrected chi connectivity index (χ2v) is 8.07. The van der Waals surface area contributed by atoms with Crippen LogP contribution in [0.4, 0.5) is 13.2 Å². The number of hydrogen-bond donors (Lipinski definition) is 0. The summed E-state index contributed by atoms with van der Waals surface area (Å²) in [4.78, 5) is 24.0. The molecule has 0 aliphatic carbocycles. The molecule has 0 unspecified atom stereocenters. The maximum atomic E-state index is 13.5. The highest BCUT2D eigenvalue weighted by Crippen LogP contribution is 2.36. The van der Waals surface area contributed by atoms with Gasteiger partial charge in [-0.2, -0.15) is 13.2 Å². The van der Waals surface area contributed by atoms with Gasteiger partial charge in [0.2, 0.25) is 10.2 Å². The van der Waals surface area contributed by atoms with Crippen molar-refractivity contribution in [3.63, 3.8) is 0 Å². The Morgan fingerprint density at radius 2 is 1.59 bits per heavy atom. The van der Waals surface area contributed by atoms with Gasteiger partial charge < -0.3 is 0 Å². The van der Waals surface area contributed by atoms with Crippen LogP contribution < -0.4 is 0 Å². The Bertz CT molecular complexity index is 975. The molecule has 0 fully saturated rings. The van der Waals surface area contributed by atoms with Crippen molar-refractivity contribution in [1.82, 2.24) is 0 Å². The molecule has 0 amide bonds. The summed E-state index contributed by atoms with van der Waals surface area (Å²) in [5, 5.41) is -0.569. The van der Waals surface area contributed by atoms with Crippen molar-refractivity contribution in [3.8, 4) is 0 Å². The third kappa shape index (κ3) is 6.80. The molecule has 0 saturated heterocycles. The summed E-state index contributed by atoms with van der Waals surface area (Å²) in [6, 6.07) is 10.6. The van der Waals surface area contributed by atoms with Crippen LogP contribution in [-0.4, -0.2) is 10.2 Å². The smallest absolute Gasteiger partial charge is 0.282 e. The normalized spacial score (nSPS) is 11.4. The molecule has 2 aromatic carbocycles. The van der Waals surface area contributed by atoms with Crippen molar-refractivity contribution in [3.05, 3.63) is 84.0 Å². The van der Waals surface area contributed by atoms with Gasteiger partial charge in [-0.05, 0) is 77.5 Å². The van der Waals surface area contributed by atoms with Crippen molar-refractivity contribution in [2.45, 2.75) is 22.9 Å². The third-order valence-corrected chi connectivity index (χ3v) is 5.51. The largest absolute Gasteiger partial charge is 0.417 e. The molecule has 2 nitrogen and oxygen atoms in total. The van der Waals surface area contributed by atoms with E-state index in [1.165, 1.54) is 31.2 Å². The number of benzene rings is 2. The van der Waals surface area contributed by atoms with Crippen molar-refractivity contribution >= 4 is 45.9 Å². The standard InChI is InChI=1S/C22H17F3O2S2/c1-4-20(26)28-17-10-6-15(7-11-17)5-8-16-9-12-18(29-21(27)14(2)3)13-19(16)22(23,24)25/h4-13H,1-2H2,3H3. The topological polar surface area (TPSA) is 34.1 Å². The van der Waals surface area contributed by atoms with Crippen molar-refractivity contribution in [2.75, 3.05) is 0 Å². The Morgan fingerprint density at radius 3 is 2.14 bits per heavy atom. The van der Waals surface area contributed by atoms with E-state index in [2.05, 4.69) is 13.2 Å². The van der Waals surface area contributed by atoms with Crippen molar-refractivity contribution in [1.29, 1.82) is 0 Å². The average Bonchev–Trinajstić information content (AvgIpc) is 2.67. The van der Waals surface area contributed by atoms with Gasteiger partial charge >= 0.3 is 6.18 Å². The molecule has 0 aliphatic rings. The minimum atomic E-state index is -4.56. The number of halogens is 3. The second kappa shape index (κ2) is 9.80. The molecule has 0 atom stereocenters. The molecule has 150 valence electrons. The predicted octanol–water partition coefficient (Wildman–Crippen LogP) is 6.88. The summed E-state index contributed by atoms with van der Waals surface area (Å²) >= 11 is 1.73. The molecular weight excluding hydrogens is 417 g/mol. The summed E-state index contributed by atoms with van der Waals surface area (Å²) in [7, 11) is 0. The zero-order valence-corrected chi connectivity index (χ0v) is 17.1. The van der Waals surface area contributed by atoms with Crippen LogP contribution in [-0.2, 0) is 15.8 Å². The molecule has 0 spiro atoms. The van der Waals surface area contributed by atoms with E-state index < -0.39 is 11.7 Å². The number of hydrogen-bond acceptors (Lipinski definition) is 4. The zero-order valence-electron chi connectivity index (χ0n) is 15.5. The van der Waals surface area contributed by atoms with E-state index >= 15 is 0 Å². The molecule has 0 heterocycles. The summed E-state index contributed by atoms with van der Waals surface area (Å²) in [6.07, 6.45) is -0.424. The number of rotatable bonds is 6. The summed E-state index contributed by atoms with van der Waals surface area (Å²) in [6.45, 7) is 8.41. The first-order valence-corrected chi connectivity index (χ1v) is 9.95. The quantitative estimate of drug-likeness (QED) is 0.282. The van der Waals surface area contributed by atoms with Gasteiger partial charge in [0.15, 0.2) is 0 Å². The first kappa shape index (κ1) is 22.8. The lowest BCUT2D eigenvalue weighted by Gasteiger charge is -2.12. The lowest BCUT2D eigenvalue weighted by Crippen LogP contribution is -2.07. The second-order valence-electron chi connectivity index (χ2n) is 5.94. The van der Waals surface area contributed by atoms with Crippen LogP contribution in [0.1, 0.15) is 23.6 Å². The summed E-state index contributed by atoms with van der Waals surface area (Å²) in [5.74, 6) is 0. The summed E-state index contributed by atoms with van der Waals surface area (Å²) in [5.41, 5.74) is 0.121. The average molecular weight is 435 g/mol. The molecule has 7 heteroatoms. The molecule has 0 bridgehead atoms. The minimum Gasteiger partial charge on any atom is -0.282 e. The van der Waals surface area contributed by atoms with Gasteiger partial charge in [0.1, 0.15) is 0 Å². The number of carbonyl (C=O) groups excluding carboxylic acids is 2. The molecule has 0 N–H and O–H groups in total. The monoisotopic (exact) mass is 434 g/mol. The Balaban J connectivity index is 2.26. The van der Waals surface area contributed by atoms with Gasteiger partial charge in [-0.1, -0.05) is 43.5 Å². The Hall–Kier alpha value is -2.51. The van der Waals surface area contributed by atoms with Crippen LogP contribution in [0.2, 0.25) is 0 Å². The Kier molecular flexibility index (Phi) is 7.70. The van der Waals surface area contributed by atoms with E-state index in [1.54, 1.807) is 30.3 Å². The van der Waals surface area contributed by atoms with E-state index in [1.807, 2.05) is 0 Å². The fourth-order valence-electron chi connectivity index (χ4n) is 2.17. The number of alkyl halides is 3. The number of carbonyl (C=O) groups is 2. The van der Waals surface area contributed by atoms with Gasteiger partial charge in [-0.15, -0.1) is 0 Å². The lowest BCUT2D eigenvalue weighted by molar-refractivity contribution is -0.137. The first-order chi connectivity index (χ1) is 13.6. The molecule has 0 saturated carbocycles. The SMILES string of the molecule is C=CC(=O)Sc1ccc(C=Cc2ccc(SC(=O)C(=C)C)cc2C(F)(F)F)cc1. The van der Waals surface area contributed by atoms with Crippen LogP contribution in [0.15, 0.2) is 77.1 Å². The zero-order chi connectivity index (χ0) is 21.6. The molecule has 0 aliphatic heterocycles. The van der Waals surface area contributed by atoms with Gasteiger partial charge in [-0.25, -0.2) is 0 Å². The maximum absolute atomic E-state index is 13.5. The van der Waals surface area contributed by atoms with Crippen LogP contribution in [0.25, 0.3) is 12.2 Å². The molecule has 2 rings (SSSR count). The minimum absolute atomic E-state index is 0.00934. The highest BCUT2D eigenvalue weighted by atomic mass is 32.2. The van der Waals surface area contributed by atoms with Gasteiger partial charge in [0.05, 0.1) is 5.56 Å². The Labute approximate surface area is 175 Å². The van der Waals surface area contributed by atoms with E-state index in [4.69, 9.17) is 0 Å². The van der Waals surface area contributed by atoms with E-state index in [0.29, 0.717) is 22.2 Å². The van der Waals surface area contributed by atoms with Gasteiger partial charge in [0.25, 0.3) is 0 Å². The maximum Gasteiger partial charge on any atom is 0.417 e. The first-order valence-electron chi connectivity index (χ1n) is 8.31. The molecule has 0 aromatic heterocycles. The van der Waals surface area contributed by atoms with Crippen molar-refractivity contribution in [2.24, 2.45) is 0 Å². The number of thioether (sulfide) groups is 2. The fraction of sp³-hybridized carbons (Fsp3) is 0.0909. The van der Waals surface area contributed by atoms with Gasteiger partial charge in [-0.3, -0.25) is 9.59 Å². The van der Waals surface area contributed by atoms with E-state index in [-0.39, 0.29) is 26.3 Å². The highest BCUT2D eigenvalue weighted by molar-refractivity contribution is 8.14. The van der Waals surface area contributed by atoms with Crippen LogP contribution in [0.3, 0.4) is 0 Å². The fourth-order valence-corrected chi connectivity index (χ4v) is 3.46. The van der Waals surface area contributed by atoms with Crippen LogP contribution in [0.5, 0.6) is 0 Å². The predicted molar refractivity (Wildman–Crippen MR) is 114 cm³/mol. The van der Waals surface area contributed by atoms with E-state index in [9.17, 15) is 22.8 Å². The molecular formula is C22H17F3O2S2. The van der Waals surface area contributed by atoms with Gasteiger partial charge in [0, 0.05) is 9.79 Å². The molecule has 29 heavy (non-hydrogen) atoms. The third-order valence-electron chi connectivity index (χ3n) is 3.61. The van der Waals surface area contributed by atoms with Crippen LogP contribution in [0, 0.1) is 0 Å². The molecule has 2 aromatic rings. The summed E-state index contributed by atoms with van der Waals surface area (Å²) < 4.78 is 40.4. The highest BCUT2D eigenvalue weighted by Gasteiger charge is 2.33. The van der Waals surface area contributed by atoms with Crippen molar-refractivity contribution < 1.29 is 22.8 Å². The Morgan fingerprint density at radius 1 is 0.966 bits per heavy atom. The molecule has 0 radical (unpaired) electrons. The van der Waals surface area contributed by atoms with E-state index in [0.717, 1.165) is 17.8 Å².